The summed E-state index contributed by atoms with van der Waals surface area (Å²) in [5, 5.41) is 17.2. The molecular weight excluding hydrogens is 184 g/mol. The van der Waals surface area contributed by atoms with Gasteiger partial charge in [-0.3, -0.25) is 9.69 Å². The van der Waals surface area contributed by atoms with Crippen LogP contribution in [0.3, 0.4) is 0 Å². The minimum atomic E-state index is -0.876. The van der Waals surface area contributed by atoms with Gasteiger partial charge in [0.15, 0.2) is 0 Å². The molecule has 0 aliphatic carbocycles. The summed E-state index contributed by atoms with van der Waals surface area (Å²) < 4.78 is 4.86. The number of hydrogen-bond donors (Lipinski definition) is 1. The molecule has 0 amide bonds. The summed E-state index contributed by atoms with van der Waals surface area (Å²) in [5.41, 5.74) is 0. The molecule has 1 N–H and O–H groups in total. The van der Waals surface area contributed by atoms with Gasteiger partial charge in [-0.25, -0.2) is 0 Å². The number of methoxy groups -OCH3 is 1. The van der Waals surface area contributed by atoms with Crippen LogP contribution < -0.4 is 0 Å². The minimum Gasteiger partial charge on any atom is -0.480 e. The Morgan fingerprint density at radius 3 is 2.71 bits per heavy atom. The Labute approximate surface area is 83.9 Å². The van der Waals surface area contributed by atoms with Gasteiger partial charge < -0.3 is 9.84 Å². The van der Waals surface area contributed by atoms with Crippen LogP contribution in [0.4, 0.5) is 0 Å². The van der Waals surface area contributed by atoms with Gasteiger partial charge in [0.1, 0.15) is 6.04 Å². The van der Waals surface area contributed by atoms with E-state index >= 15 is 0 Å². The van der Waals surface area contributed by atoms with Gasteiger partial charge in [0.2, 0.25) is 0 Å². The summed E-state index contributed by atoms with van der Waals surface area (Å²) >= 11 is 0. The number of rotatable bonds is 7. The lowest BCUT2D eigenvalue weighted by Gasteiger charge is -2.24. The van der Waals surface area contributed by atoms with E-state index in [4.69, 9.17) is 15.1 Å². The molecule has 5 nitrogen and oxygen atoms in total. The van der Waals surface area contributed by atoms with E-state index in [0.29, 0.717) is 26.1 Å². The predicted octanol–water partition coefficient (Wildman–Crippen LogP) is 0.322. The Morgan fingerprint density at radius 1 is 1.64 bits per heavy atom. The summed E-state index contributed by atoms with van der Waals surface area (Å²) in [6, 6.07) is 1.42. The fourth-order valence-corrected chi connectivity index (χ4v) is 1.06. The molecule has 14 heavy (non-hydrogen) atoms. The summed E-state index contributed by atoms with van der Waals surface area (Å²) in [5.74, 6) is -0.876. The maximum absolute atomic E-state index is 10.7. The fourth-order valence-electron chi connectivity index (χ4n) is 1.06. The van der Waals surface area contributed by atoms with E-state index in [1.807, 2.05) is 6.07 Å². The molecule has 0 aliphatic rings. The molecule has 0 aromatic carbocycles. The first kappa shape index (κ1) is 12.9. The normalized spacial score (nSPS) is 12.4. The van der Waals surface area contributed by atoms with Crippen LogP contribution >= 0.6 is 0 Å². The number of carboxylic acid groups (broad SMARTS) is 1. The molecule has 0 aromatic rings. The average Bonchev–Trinajstić information content (AvgIpc) is 2.17. The molecule has 0 fully saturated rings. The third kappa shape index (κ3) is 4.80. The van der Waals surface area contributed by atoms with Crippen LogP contribution in [0.2, 0.25) is 0 Å². The molecule has 0 heterocycles. The minimum absolute atomic E-state index is 0.335. The van der Waals surface area contributed by atoms with Crippen LogP contribution in [0.1, 0.15) is 13.3 Å². The molecule has 0 aliphatic heterocycles. The zero-order chi connectivity index (χ0) is 11.0. The third-order valence-corrected chi connectivity index (χ3v) is 2.00. The van der Waals surface area contributed by atoms with Crippen molar-refractivity contribution >= 4 is 5.97 Å². The van der Waals surface area contributed by atoms with Gasteiger partial charge in [-0.1, -0.05) is 0 Å². The lowest BCUT2D eigenvalue weighted by atomic mass is 10.2. The number of nitrogens with zero attached hydrogens (tertiary/aromatic N) is 2. The van der Waals surface area contributed by atoms with E-state index in [0.717, 1.165) is 0 Å². The maximum Gasteiger partial charge on any atom is 0.320 e. The largest absolute Gasteiger partial charge is 0.480 e. The van der Waals surface area contributed by atoms with Crippen molar-refractivity contribution in [3.05, 3.63) is 0 Å². The Morgan fingerprint density at radius 2 is 2.29 bits per heavy atom. The number of hydrogen-bond acceptors (Lipinski definition) is 4. The molecule has 0 aromatic heterocycles. The maximum atomic E-state index is 10.7. The zero-order valence-corrected chi connectivity index (χ0v) is 8.56. The third-order valence-electron chi connectivity index (χ3n) is 2.00. The fraction of sp³-hybridized carbons (Fsp3) is 0.778. The molecule has 1 unspecified atom stereocenters. The molecule has 80 valence electrons. The molecule has 0 spiro atoms. The Bertz CT molecular complexity index is 213. The van der Waals surface area contributed by atoms with Crippen LogP contribution in [-0.2, 0) is 9.53 Å². The predicted molar refractivity (Wildman–Crippen MR) is 50.8 cm³/mol. The quantitative estimate of drug-likeness (QED) is 0.640. The van der Waals surface area contributed by atoms with Gasteiger partial charge in [0, 0.05) is 26.6 Å². The monoisotopic (exact) mass is 200 g/mol. The molecule has 1 atom stereocenters. The lowest BCUT2D eigenvalue weighted by Crippen LogP contribution is -2.41. The van der Waals surface area contributed by atoms with Crippen LogP contribution in [-0.4, -0.2) is 48.8 Å². The summed E-state index contributed by atoms with van der Waals surface area (Å²) in [6.07, 6.45) is 0.335. The van der Waals surface area contributed by atoms with Crippen molar-refractivity contribution in [1.29, 1.82) is 5.26 Å². The van der Waals surface area contributed by atoms with Crippen molar-refractivity contribution in [3.63, 3.8) is 0 Å². The molecule has 5 heteroatoms. The van der Waals surface area contributed by atoms with Gasteiger partial charge in [-0.05, 0) is 6.92 Å². The molecule has 0 saturated heterocycles. The van der Waals surface area contributed by atoms with E-state index in [1.165, 1.54) is 0 Å². The van der Waals surface area contributed by atoms with E-state index < -0.39 is 12.0 Å². The molecule has 0 bridgehead atoms. The Balaban J connectivity index is 4.09. The number of carboxylic acids is 1. The van der Waals surface area contributed by atoms with Crippen molar-refractivity contribution in [1.82, 2.24) is 4.90 Å². The number of carbonyl (C=O) groups is 1. The van der Waals surface area contributed by atoms with Crippen molar-refractivity contribution in [3.8, 4) is 6.07 Å². The number of aliphatic carboxylic acids is 1. The first-order chi connectivity index (χ1) is 6.63. The van der Waals surface area contributed by atoms with Gasteiger partial charge in [0.25, 0.3) is 0 Å². The average molecular weight is 200 g/mol. The van der Waals surface area contributed by atoms with Crippen LogP contribution in [0.25, 0.3) is 0 Å². The van der Waals surface area contributed by atoms with E-state index in [9.17, 15) is 4.79 Å². The molecule has 0 rings (SSSR count). The Kier molecular flexibility index (Phi) is 6.72. The number of nitriles is 1. The smallest absolute Gasteiger partial charge is 0.320 e. The standard InChI is InChI=1S/C9H16N2O3/c1-8(9(12)13)11(5-3-4-10)6-7-14-2/h8H,3,5-7H2,1-2H3,(H,12,13). The second-order valence-electron chi connectivity index (χ2n) is 2.95. The van der Waals surface area contributed by atoms with Crippen molar-refractivity contribution < 1.29 is 14.6 Å². The van der Waals surface area contributed by atoms with E-state index in [-0.39, 0.29) is 0 Å². The van der Waals surface area contributed by atoms with Gasteiger partial charge >= 0.3 is 5.97 Å². The van der Waals surface area contributed by atoms with Crippen LogP contribution in [0.5, 0.6) is 0 Å². The lowest BCUT2D eigenvalue weighted by molar-refractivity contribution is -0.142. The summed E-state index contributed by atoms with van der Waals surface area (Å²) in [4.78, 5) is 12.4. The highest BCUT2D eigenvalue weighted by atomic mass is 16.5. The molecule has 0 saturated carbocycles. The number of ether oxygens (including phenoxy) is 1. The summed E-state index contributed by atoms with van der Waals surface area (Å²) in [7, 11) is 1.56. The van der Waals surface area contributed by atoms with Crippen LogP contribution in [0, 0.1) is 11.3 Å². The summed E-state index contributed by atoms with van der Waals surface area (Å²) in [6.45, 7) is 3.08. The van der Waals surface area contributed by atoms with Crippen molar-refractivity contribution in [2.24, 2.45) is 0 Å². The highest BCUT2D eigenvalue weighted by Gasteiger charge is 2.19. The highest BCUT2D eigenvalue weighted by molar-refractivity contribution is 5.72. The van der Waals surface area contributed by atoms with Gasteiger partial charge in [-0.15, -0.1) is 0 Å². The second kappa shape index (κ2) is 7.30. The topological polar surface area (TPSA) is 73.6 Å². The first-order valence-corrected chi connectivity index (χ1v) is 4.46. The second-order valence-corrected chi connectivity index (χ2v) is 2.95. The van der Waals surface area contributed by atoms with Gasteiger partial charge in [-0.2, -0.15) is 5.26 Å². The highest BCUT2D eigenvalue weighted by Crippen LogP contribution is 2.00. The van der Waals surface area contributed by atoms with E-state index in [2.05, 4.69) is 0 Å². The zero-order valence-electron chi connectivity index (χ0n) is 8.56. The van der Waals surface area contributed by atoms with Crippen LogP contribution in [0.15, 0.2) is 0 Å². The molecule has 0 radical (unpaired) electrons. The first-order valence-electron chi connectivity index (χ1n) is 4.46. The SMILES string of the molecule is COCCN(CCC#N)C(C)C(=O)O. The Hall–Kier alpha value is -1.12. The van der Waals surface area contributed by atoms with Gasteiger partial charge in [0.05, 0.1) is 12.7 Å². The van der Waals surface area contributed by atoms with Crippen molar-refractivity contribution in [2.45, 2.75) is 19.4 Å². The van der Waals surface area contributed by atoms with E-state index in [1.54, 1.807) is 18.9 Å². The van der Waals surface area contributed by atoms with Crippen molar-refractivity contribution in [2.75, 3.05) is 26.8 Å². The molecular formula is C9H16N2O3.